The Balaban J connectivity index is 1.71. The molecule has 3 aromatic rings. The molecule has 2 aromatic carbocycles. The Morgan fingerprint density at radius 2 is 1.97 bits per heavy atom. The van der Waals surface area contributed by atoms with E-state index < -0.39 is 11.2 Å². The topological polar surface area (TPSA) is 116 Å². The molecule has 0 aliphatic carbocycles. The van der Waals surface area contributed by atoms with Crippen molar-refractivity contribution in [3.8, 4) is 5.75 Å². The van der Waals surface area contributed by atoms with E-state index in [0.717, 1.165) is 16.3 Å². The van der Waals surface area contributed by atoms with Crippen molar-refractivity contribution < 1.29 is 9.53 Å². The molecule has 1 aromatic heterocycles. The summed E-state index contributed by atoms with van der Waals surface area (Å²) in [6, 6.07) is 11.7. The van der Waals surface area contributed by atoms with Crippen LogP contribution in [0.5, 0.6) is 5.75 Å². The number of carbonyl (C=O) groups excluding carboxylic acids is 1. The number of carbonyl (C=O) groups is 1. The molecule has 8 heteroatoms. The third kappa shape index (κ3) is 4.78. The van der Waals surface area contributed by atoms with Gasteiger partial charge in [0.25, 0.3) is 5.56 Å². The van der Waals surface area contributed by atoms with Crippen LogP contribution in [0.4, 0.5) is 0 Å². The van der Waals surface area contributed by atoms with Crippen LogP contribution >= 0.6 is 0 Å². The van der Waals surface area contributed by atoms with Gasteiger partial charge in [-0.3, -0.25) is 14.6 Å². The number of hydrogen-bond donors (Lipinski definition) is 3. The van der Waals surface area contributed by atoms with Crippen LogP contribution in [0.3, 0.4) is 0 Å². The molecule has 0 atom stereocenters. The quantitative estimate of drug-likeness (QED) is 0.420. The van der Waals surface area contributed by atoms with Gasteiger partial charge in [-0.2, -0.15) is 5.10 Å². The highest BCUT2D eigenvalue weighted by Gasteiger charge is 2.10. The monoisotopic (exact) mass is 394 g/mol. The predicted octanol–water partition coefficient (Wildman–Crippen LogP) is 2.01. The minimum absolute atomic E-state index is 0.0567. The van der Waals surface area contributed by atoms with Crippen LogP contribution in [-0.4, -0.2) is 28.7 Å². The van der Waals surface area contributed by atoms with Crippen molar-refractivity contribution in [3.05, 3.63) is 74.1 Å². The Morgan fingerprint density at radius 1 is 1.17 bits per heavy atom. The number of rotatable bonds is 7. The Labute approximate surface area is 166 Å². The first-order valence-corrected chi connectivity index (χ1v) is 9.28. The Bertz CT molecular complexity index is 1180. The number of H-pyrrole nitrogens is 2. The maximum atomic E-state index is 12.1. The van der Waals surface area contributed by atoms with E-state index in [1.54, 1.807) is 13.1 Å². The third-order valence-corrected chi connectivity index (χ3v) is 4.47. The molecule has 0 radical (unpaired) electrons. The number of amides is 1. The molecule has 150 valence electrons. The summed E-state index contributed by atoms with van der Waals surface area (Å²) < 4.78 is 5.67. The zero-order valence-electron chi connectivity index (χ0n) is 16.2. The van der Waals surface area contributed by atoms with Crippen LogP contribution in [0.2, 0.25) is 0 Å². The summed E-state index contributed by atoms with van der Waals surface area (Å²) in [4.78, 5) is 39.9. The van der Waals surface area contributed by atoms with Crippen molar-refractivity contribution in [3.63, 3.8) is 0 Å². The molecule has 0 spiro atoms. The third-order valence-electron chi connectivity index (χ3n) is 4.47. The number of fused-ring (bicyclic) bond motifs is 1. The number of aryl methyl sites for hydroxylation is 1. The summed E-state index contributed by atoms with van der Waals surface area (Å²) in [5.74, 6) is 0.337. The second-order valence-electron chi connectivity index (χ2n) is 6.44. The minimum Gasteiger partial charge on any atom is -0.493 e. The van der Waals surface area contributed by atoms with Crippen LogP contribution in [-0.2, 0) is 11.2 Å². The number of benzene rings is 2. The fraction of sp³-hybridized carbons (Fsp3) is 0.238. The molecule has 0 saturated heterocycles. The van der Waals surface area contributed by atoms with E-state index in [9.17, 15) is 14.4 Å². The van der Waals surface area contributed by atoms with Gasteiger partial charge in [-0.25, -0.2) is 10.2 Å². The zero-order valence-corrected chi connectivity index (χ0v) is 16.2. The van der Waals surface area contributed by atoms with Crippen LogP contribution in [0.1, 0.15) is 30.2 Å². The maximum absolute atomic E-state index is 12.1. The average Bonchev–Trinajstić information content (AvgIpc) is 2.68. The Morgan fingerprint density at radius 3 is 2.72 bits per heavy atom. The fourth-order valence-corrected chi connectivity index (χ4v) is 3.08. The molecule has 8 nitrogen and oxygen atoms in total. The smallest absolute Gasteiger partial charge is 0.325 e. The largest absolute Gasteiger partial charge is 0.493 e. The van der Waals surface area contributed by atoms with Crippen LogP contribution < -0.4 is 21.4 Å². The van der Waals surface area contributed by atoms with Crippen molar-refractivity contribution in [2.75, 3.05) is 6.61 Å². The number of aromatic amines is 2. The van der Waals surface area contributed by atoms with E-state index in [0.29, 0.717) is 23.6 Å². The molecule has 3 rings (SSSR count). The number of nitrogens with zero attached hydrogens (tertiary/aromatic N) is 1. The molecule has 0 saturated carbocycles. The molecule has 1 heterocycles. The summed E-state index contributed by atoms with van der Waals surface area (Å²) in [5.41, 5.74) is 3.02. The lowest BCUT2D eigenvalue weighted by Crippen LogP contribution is -2.28. The van der Waals surface area contributed by atoms with Gasteiger partial charge in [-0.15, -0.1) is 0 Å². The van der Waals surface area contributed by atoms with Gasteiger partial charge in [0.2, 0.25) is 5.91 Å². The fourth-order valence-electron chi connectivity index (χ4n) is 3.08. The van der Waals surface area contributed by atoms with Gasteiger partial charge in [0.15, 0.2) is 0 Å². The van der Waals surface area contributed by atoms with Gasteiger partial charge >= 0.3 is 5.69 Å². The summed E-state index contributed by atoms with van der Waals surface area (Å²) in [5, 5.41) is 6.06. The first-order chi connectivity index (χ1) is 14.0. The zero-order chi connectivity index (χ0) is 20.8. The highest BCUT2D eigenvalue weighted by molar-refractivity contribution is 6.02. The van der Waals surface area contributed by atoms with Crippen molar-refractivity contribution >= 4 is 22.9 Å². The SMILES string of the molecule is CCOc1ccc2ccccc2c1/C=N/NC(=O)CCc1c(C)[nH]c(=O)[nH]c1=O. The lowest BCUT2D eigenvalue weighted by atomic mass is 10.0. The number of hydrazone groups is 1. The van der Waals surface area contributed by atoms with Gasteiger partial charge in [0.05, 0.1) is 12.8 Å². The van der Waals surface area contributed by atoms with Gasteiger partial charge in [0.1, 0.15) is 5.75 Å². The van der Waals surface area contributed by atoms with E-state index in [4.69, 9.17) is 4.74 Å². The molecule has 0 aliphatic rings. The van der Waals surface area contributed by atoms with E-state index >= 15 is 0 Å². The lowest BCUT2D eigenvalue weighted by molar-refractivity contribution is -0.121. The molecule has 0 unspecified atom stereocenters. The molecule has 0 aliphatic heterocycles. The molecule has 3 N–H and O–H groups in total. The normalized spacial score (nSPS) is 11.1. The lowest BCUT2D eigenvalue weighted by Gasteiger charge is -2.10. The second kappa shape index (κ2) is 9.01. The van der Waals surface area contributed by atoms with Gasteiger partial charge < -0.3 is 9.72 Å². The van der Waals surface area contributed by atoms with Crippen molar-refractivity contribution in [2.24, 2.45) is 5.10 Å². The summed E-state index contributed by atoms with van der Waals surface area (Å²) >= 11 is 0. The predicted molar refractivity (Wildman–Crippen MR) is 112 cm³/mol. The summed E-state index contributed by atoms with van der Waals surface area (Å²) in [7, 11) is 0. The number of hydrogen-bond acceptors (Lipinski definition) is 5. The standard InChI is InChI=1S/C21H22N4O4/c1-3-29-18-10-8-14-6-4-5-7-16(14)17(18)12-22-25-19(26)11-9-15-13(2)23-21(28)24-20(15)27/h4-8,10,12H,3,9,11H2,1-2H3,(H,25,26)(H2,23,24,27,28)/b22-12+. The van der Waals surface area contributed by atoms with E-state index in [1.165, 1.54) is 0 Å². The molecule has 0 fully saturated rings. The Hall–Kier alpha value is -3.68. The highest BCUT2D eigenvalue weighted by atomic mass is 16.5. The van der Waals surface area contributed by atoms with Crippen LogP contribution in [0, 0.1) is 6.92 Å². The second-order valence-corrected chi connectivity index (χ2v) is 6.44. The van der Waals surface area contributed by atoms with Crippen molar-refractivity contribution in [2.45, 2.75) is 26.7 Å². The minimum atomic E-state index is -0.564. The van der Waals surface area contributed by atoms with Gasteiger partial charge in [0, 0.05) is 23.2 Å². The van der Waals surface area contributed by atoms with E-state index in [-0.39, 0.29) is 18.7 Å². The maximum Gasteiger partial charge on any atom is 0.325 e. The first kappa shape index (κ1) is 20.1. The highest BCUT2D eigenvalue weighted by Crippen LogP contribution is 2.26. The molecular formula is C21H22N4O4. The van der Waals surface area contributed by atoms with E-state index in [1.807, 2.05) is 43.3 Å². The summed E-state index contributed by atoms with van der Waals surface area (Å²) in [6.07, 6.45) is 1.81. The first-order valence-electron chi connectivity index (χ1n) is 9.28. The number of aromatic nitrogens is 2. The van der Waals surface area contributed by atoms with Crippen LogP contribution in [0.25, 0.3) is 10.8 Å². The number of nitrogens with one attached hydrogen (secondary N) is 3. The van der Waals surface area contributed by atoms with Crippen LogP contribution in [0.15, 0.2) is 51.1 Å². The molecule has 0 bridgehead atoms. The molecular weight excluding hydrogens is 372 g/mol. The van der Waals surface area contributed by atoms with Crippen molar-refractivity contribution in [1.29, 1.82) is 0 Å². The Kier molecular flexibility index (Phi) is 6.23. The van der Waals surface area contributed by atoms with Crippen molar-refractivity contribution in [1.82, 2.24) is 15.4 Å². The van der Waals surface area contributed by atoms with Gasteiger partial charge in [-0.1, -0.05) is 30.3 Å². The molecule has 29 heavy (non-hydrogen) atoms. The average molecular weight is 394 g/mol. The number of ether oxygens (including phenoxy) is 1. The summed E-state index contributed by atoms with van der Waals surface area (Å²) in [6.45, 7) is 4.04. The van der Waals surface area contributed by atoms with E-state index in [2.05, 4.69) is 20.5 Å². The van der Waals surface area contributed by atoms with Gasteiger partial charge in [-0.05, 0) is 37.1 Å². The molecule has 1 amide bonds.